The Morgan fingerprint density at radius 3 is 2.33 bits per heavy atom. The molecule has 0 radical (unpaired) electrons. The summed E-state index contributed by atoms with van der Waals surface area (Å²) in [7, 11) is 0. The first-order valence-corrected chi connectivity index (χ1v) is 11.3. The standard InChI is InChI=1S/C26H31FN2O4/c1-5-28(6-2)14-15-29-23(18-8-11-20(27)12-9-18)22(25(31)26(29)32)24(30)19-10-13-21(33-7-3)17(4)16-19/h8-13,16,23,30H,5-7,14-15H2,1-4H3/t23-/m1/s1. The highest BCUT2D eigenvalue weighted by Crippen LogP contribution is 2.39. The maximum absolute atomic E-state index is 13.6. The molecular weight excluding hydrogens is 423 g/mol. The lowest BCUT2D eigenvalue weighted by atomic mass is 9.94. The number of amides is 1. The van der Waals surface area contributed by atoms with Crippen molar-refractivity contribution >= 4 is 17.4 Å². The third-order valence-corrected chi connectivity index (χ3v) is 6.03. The number of hydrogen-bond acceptors (Lipinski definition) is 5. The van der Waals surface area contributed by atoms with Gasteiger partial charge < -0.3 is 19.6 Å². The second-order valence-electron chi connectivity index (χ2n) is 7.98. The molecule has 33 heavy (non-hydrogen) atoms. The molecule has 3 rings (SSSR count). The van der Waals surface area contributed by atoms with E-state index in [-0.39, 0.29) is 11.3 Å². The van der Waals surface area contributed by atoms with Gasteiger partial charge in [0, 0.05) is 18.7 Å². The lowest BCUT2D eigenvalue weighted by Gasteiger charge is -2.28. The molecule has 1 atom stereocenters. The van der Waals surface area contributed by atoms with Crippen LogP contribution in [0.25, 0.3) is 5.76 Å². The van der Waals surface area contributed by atoms with Crippen molar-refractivity contribution in [1.29, 1.82) is 0 Å². The average molecular weight is 455 g/mol. The highest BCUT2D eigenvalue weighted by molar-refractivity contribution is 6.46. The molecule has 1 aliphatic rings. The molecule has 0 unspecified atom stereocenters. The number of ketones is 1. The van der Waals surface area contributed by atoms with E-state index >= 15 is 0 Å². The molecule has 0 aromatic heterocycles. The van der Waals surface area contributed by atoms with E-state index in [1.54, 1.807) is 30.3 Å². The third kappa shape index (κ3) is 5.09. The van der Waals surface area contributed by atoms with Gasteiger partial charge in [0.1, 0.15) is 17.3 Å². The van der Waals surface area contributed by atoms with Crippen molar-refractivity contribution in [3.63, 3.8) is 0 Å². The Kier molecular flexibility index (Phi) is 7.87. The zero-order valence-corrected chi connectivity index (χ0v) is 19.6. The number of nitrogens with zero attached hydrogens (tertiary/aromatic N) is 2. The zero-order chi connectivity index (χ0) is 24.1. The first kappa shape index (κ1) is 24.5. The van der Waals surface area contributed by atoms with E-state index in [2.05, 4.69) is 4.90 Å². The van der Waals surface area contributed by atoms with Gasteiger partial charge in [-0.1, -0.05) is 26.0 Å². The molecule has 0 spiro atoms. The molecule has 0 saturated carbocycles. The number of aliphatic hydroxyl groups is 1. The number of carbonyl (C=O) groups excluding carboxylic acids is 2. The van der Waals surface area contributed by atoms with Crippen molar-refractivity contribution < 1.29 is 23.8 Å². The van der Waals surface area contributed by atoms with Crippen LogP contribution in [0.4, 0.5) is 4.39 Å². The largest absolute Gasteiger partial charge is 0.507 e. The van der Waals surface area contributed by atoms with Crippen LogP contribution in [-0.2, 0) is 9.59 Å². The molecule has 176 valence electrons. The molecule has 1 N–H and O–H groups in total. The Bertz CT molecular complexity index is 1040. The number of benzene rings is 2. The number of halogens is 1. The monoisotopic (exact) mass is 454 g/mol. The second kappa shape index (κ2) is 10.6. The van der Waals surface area contributed by atoms with Gasteiger partial charge in [0.15, 0.2) is 0 Å². The Balaban J connectivity index is 2.09. The second-order valence-corrected chi connectivity index (χ2v) is 7.98. The van der Waals surface area contributed by atoms with Gasteiger partial charge in [-0.3, -0.25) is 9.59 Å². The molecule has 0 bridgehead atoms. The van der Waals surface area contributed by atoms with Gasteiger partial charge >= 0.3 is 0 Å². The van der Waals surface area contributed by atoms with Crippen LogP contribution in [0.2, 0.25) is 0 Å². The fraction of sp³-hybridized carbons (Fsp3) is 0.385. The van der Waals surface area contributed by atoms with Crippen LogP contribution in [-0.4, -0.2) is 59.4 Å². The molecular formula is C26H31FN2O4. The maximum atomic E-state index is 13.6. The van der Waals surface area contributed by atoms with Crippen LogP contribution in [0.5, 0.6) is 5.75 Å². The maximum Gasteiger partial charge on any atom is 0.295 e. The normalized spacial score (nSPS) is 17.8. The summed E-state index contributed by atoms with van der Waals surface area (Å²) in [5, 5.41) is 11.2. The summed E-state index contributed by atoms with van der Waals surface area (Å²) in [6.07, 6.45) is 0. The van der Waals surface area contributed by atoms with Crippen LogP contribution >= 0.6 is 0 Å². The molecule has 0 aliphatic carbocycles. The zero-order valence-electron chi connectivity index (χ0n) is 19.6. The first-order chi connectivity index (χ1) is 15.8. The van der Waals surface area contributed by atoms with Gasteiger partial charge in [-0.2, -0.15) is 0 Å². The molecule has 7 heteroatoms. The van der Waals surface area contributed by atoms with Crippen LogP contribution in [0, 0.1) is 12.7 Å². The number of hydrogen-bond donors (Lipinski definition) is 1. The number of rotatable bonds is 9. The molecule has 1 amide bonds. The Morgan fingerprint density at radius 1 is 1.09 bits per heavy atom. The van der Waals surface area contributed by atoms with Crippen LogP contribution < -0.4 is 4.74 Å². The third-order valence-electron chi connectivity index (χ3n) is 6.03. The quantitative estimate of drug-likeness (QED) is 0.348. The molecule has 1 heterocycles. The van der Waals surface area contributed by atoms with E-state index in [1.165, 1.54) is 17.0 Å². The predicted octanol–water partition coefficient (Wildman–Crippen LogP) is 4.30. The summed E-state index contributed by atoms with van der Waals surface area (Å²) in [6.45, 7) is 10.8. The highest BCUT2D eigenvalue weighted by atomic mass is 19.1. The Hall–Kier alpha value is -3.19. The number of likely N-dealkylation sites (N-methyl/N-ethyl adjacent to an activating group) is 1. The molecule has 1 aliphatic heterocycles. The summed E-state index contributed by atoms with van der Waals surface area (Å²) in [5.74, 6) is -1.39. The fourth-order valence-electron chi connectivity index (χ4n) is 4.16. The number of Topliss-reactive ketones (excluding diaryl/α,β-unsaturated/α-hetero) is 1. The number of aryl methyl sites for hydroxylation is 1. The minimum Gasteiger partial charge on any atom is -0.507 e. The number of likely N-dealkylation sites (tertiary alicyclic amines) is 1. The SMILES string of the molecule is CCOc1ccc(C(O)=C2C(=O)C(=O)N(CCN(CC)CC)[C@@H]2c2ccc(F)cc2)cc1C. The summed E-state index contributed by atoms with van der Waals surface area (Å²) in [6, 6.07) is 10.0. The van der Waals surface area contributed by atoms with Crippen molar-refractivity contribution in [2.45, 2.75) is 33.7 Å². The van der Waals surface area contributed by atoms with E-state index in [4.69, 9.17) is 4.74 Å². The molecule has 2 aromatic rings. The van der Waals surface area contributed by atoms with Gasteiger partial charge in [-0.05, 0) is 68.4 Å². The Morgan fingerprint density at radius 2 is 1.76 bits per heavy atom. The van der Waals surface area contributed by atoms with Crippen molar-refractivity contribution in [1.82, 2.24) is 9.80 Å². The number of carbonyl (C=O) groups is 2. The lowest BCUT2D eigenvalue weighted by molar-refractivity contribution is -0.140. The molecule has 1 fully saturated rings. The van der Waals surface area contributed by atoms with Gasteiger partial charge in [-0.25, -0.2) is 4.39 Å². The van der Waals surface area contributed by atoms with E-state index in [0.29, 0.717) is 36.6 Å². The topological polar surface area (TPSA) is 70.1 Å². The average Bonchev–Trinajstić information content (AvgIpc) is 3.06. The summed E-state index contributed by atoms with van der Waals surface area (Å²) >= 11 is 0. The van der Waals surface area contributed by atoms with E-state index < -0.39 is 23.5 Å². The lowest BCUT2D eigenvalue weighted by Crippen LogP contribution is -2.38. The summed E-state index contributed by atoms with van der Waals surface area (Å²) in [4.78, 5) is 29.7. The van der Waals surface area contributed by atoms with E-state index in [1.807, 2.05) is 27.7 Å². The fourth-order valence-corrected chi connectivity index (χ4v) is 4.16. The highest BCUT2D eigenvalue weighted by Gasteiger charge is 2.46. The van der Waals surface area contributed by atoms with Crippen LogP contribution in [0.1, 0.15) is 43.5 Å². The molecule has 6 nitrogen and oxygen atoms in total. The van der Waals surface area contributed by atoms with Gasteiger partial charge in [0.05, 0.1) is 18.2 Å². The molecule has 2 aromatic carbocycles. The van der Waals surface area contributed by atoms with Gasteiger partial charge in [0.25, 0.3) is 11.7 Å². The minimum absolute atomic E-state index is 0.00900. The van der Waals surface area contributed by atoms with Crippen molar-refractivity contribution in [2.75, 3.05) is 32.8 Å². The predicted molar refractivity (Wildman–Crippen MR) is 126 cm³/mol. The van der Waals surface area contributed by atoms with E-state index in [9.17, 15) is 19.1 Å². The minimum atomic E-state index is -0.798. The summed E-state index contributed by atoms with van der Waals surface area (Å²) < 4.78 is 19.2. The Labute approximate surface area is 194 Å². The van der Waals surface area contributed by atoms with Crippen LogP contribution in [0.3, 0.4) is 0 Å². The van der Waals surface area contributed by atoms with Gasteiger partial charge in [0.2, 0.25) is 0 Å². The number of aliphatic hydroxyl groups excluding tert-OH is 1. The smallest absolute Gasteiger partial charge is 0.295 e. The molecule has 1 saturated heterocycles. The number of ether oxygens (including phenoxy) is 1. The van der Waals surface area contributed by atoms with Crippen molar-refractivity contribution in [3.8, 4) is 5.75 Å². The summed E-state index contributed by atoms with van der Waals surface area (Å²) in [5.41, 5.74) is 1.80. The van der Waals surface area contributed by atoms with Gasteiger partial charge in [-0.15, -0.1) is 0 Å². The van der Waals surface area contributed by atoms with Crippen molar-refractivity contribution in [3.05, 3.63) is 70.5 Å². The van der Waals surface area contributed by atoms with Crippen LogP contribution in [0.15, 0.2) is 48.0 Å². The van der Waals surface area contributed by atoms with E-state index in [0.717, 1.165) is 18.7 Å². The van der Waals surface area contributed by atoms with Crippen molar-refractivity contribution in [2.24, 2.45) is 0 Å². The first-order valence-electron chi connectivity index (χ1n) is 11.3.